The summed E-state index contributed by atoms with van der Waals surface area (Å²) in [6, 6.07) is 8.83. The van der Waals surface area contributed by atoms with E-state index in [1.165, 1.54) is 12.0 Å². The van der Waals surface area contributed by atoms with Crippen LogP contribution in [0.5, 0.6) is 0 Å². The van der Waals surface area contributed by atoms with E-state index in [4.69, 9.17) is 5.73 Å². The van der Waals surface area contributed by atoms with E-state index >= 15 is 0 Å². The first-order valence-corrected chi connectivity index (χ1v) is 5.82. The predicted molar refractivity (Wildman–Crippen MR) is 62.1 cm³/mol. The van der Waals surface area contributed by atoms with Crippen molar-refractivity contribution in [2.24, 2.45) is 5.73 Å². The van der Waals surface area contributed by atoms with Crippen LogP contribution in [0.2, 0.25) is 0 Å². The molecule has 1 fully saturated rings. The Morgan fingerprint density at radius 1 is 1.36 bits per heavy atom. The first-order valence-electron chi connectivity index (χ1n) is 5.02. The number of rotatable bonds is 1. The Morgan fingerprint density at radius 3 is 2.86 bits per heavy atom. The van der Waals surface area contributed by atoms with Crippen LogP contribution in [0.15, 0.2) is 28.7 Å². The minimum absolute atomic E-state index is 0.238. The van der Waals surface area contributed by atoms with Gasteiger partial charge in [0.25, 0.3) is 0 Å². The second-order valence-corrected chi connectivity index (χ2v) is 4.61. The first-order chi connectivity index (χ1) is 6.79. The van der Waals surface area contributed by atoms with Crippen molar-refractivity contribution in [3.05, 3.63) is 34.3 Å². The summed E-state index contributed by atoms with van der Waals surface area (Å²) in [5, 5.41) is 3.47. The molecule has 2 rings (SSSR count). The minimum atomic E-state index is 0.238. The highest BCUT2D eigenvalue weighted by Crippen LogP contribution is 2.28. The van der Waals surface area contributed by atoms with Crippen LogP contribution in [0.25, 0.3) is 0 Å². The number of benzene rings is 1. The van der Waals surface area contributed by atoms with Crippen molar-refractivity contribution in [2.45, 2.75) is 24.9 Å². The van der Waals surface area contributed by atoms with Crippen molar-refractivity contribution in [1.82, 2.24) is 5.32 Å². The van der Waals surface area contributed by atoms with Crippen LogP contribution >= 0.6 is 15.9 Å². The largest absolute Gasteiger partial charge is 0.326 e. The van der Waals surface area contributed by atoms with Crippen LogP contribution in [0.4, 0.5) is 0 Å². The Kier molecular flexibility index (Phi) is 3.21. The minimum Gasteiger partial charge on any atom is -0.326 e. The Balaban J connectivity index is 2.25. The van der Waals surface area contributed by atoms with Crippen molar-refractivity contribution in [3.63, 3.8) is 0 Å². The molecule has 0 saturated carbocycles. The highest BCUT2D eigenvalue weighted by molar-refractivity contribution is 9.10. The smallest absolute Gasteiger partial charge is 0.0485 e. The van der Waals surface area contributed by atoms with Gasteiger partial charge in [0.15, 0.2) is 0 Å². The molecule has 1 aromatic carbocycles. The lowest BCUT2D eigenvalue weighted by Crippen LogP contribution is -2.42. The van der Waals surface area contributed by atoms with Crippen LogP contribution in [0.3, 0.4) is 0 Å². The third kappa shape index (κ3) is 2.00. The molecule has 2 atom stereocenters. The molecule has 2 nitrogen and oxygen atoms in total. The zero-order valence-corrected chi connectivity index (χ0v) is 9.63. The monoisotopic (exact) mass is 254 g/mol. The summed E-state index contributed by atoms with van der Waals surface area (Å²) in [5.74, 6) is 0. The van der Waals surface area contributed by atoms with E-state index in [2.05, 4.69) is 39.4 Å². The maximum atomic E-state index is 6.10. The van der Waals surface area contributed by atoms with Gasteiger partial charge < -0.3 is 11.1 Å². The molecule has 0 radical (unpaired) electrons. The number of halogens is 1. The van der Waals surface area contributed by atoms with E-state index in [-0.39, 0.29) is 6.04 Å². The summed E-state index contributed by atoms with van der Waals surface area (Å²) in [5.41, 5.74) is 7.37. The van der Waals surface area contributed by atoms with Crippen LogP contribution in [0.1, 0.15) is 24.4 Å². The molecule has 0 aliphatic carbocycles. The molecular formula is C11H15BrN2. The van der Waals surface area contributed by atoms with Crippen molar-refractivity contribution < 1.29 is 0 Å². The Morgan fingerprint density at radius 2 is 2.14 bits per heavy atom. The molecule has 0 unspecified atom stereocenters. The third-order valence-corrected chi connectivity index (χ3v) is 3.47. The lowest BCUT2D eigenvalue weighted by atomic mass is 9.93. The maximum Gasteiger partial charge on any atom is 0.0485 e. The second-order valence-electron chi connectivity index (χ2n) is 3.76. The van der Waals surface area contributed by atoms with Gasteiger partial charge in [0.1, 0.15) is 0 Å². The fourth-order valence-corrected chi connectivity index (χ4v) is 2.51. The quantitative estimate of drug-likeness (QED) is 0.807. The Labute approximate surface area is 93.0 Å². The summed E-state index contributed by atoms with van der Waals surface area (Å²) in [6.45, 7) is 1.07. The lowest BCUT2D eigenvalue weighted by Gasteiger charge is -2.30. The van der Waals surface area contributed by atoms with Gasteiger partial charge in [-0.25, -0.2) is 0 Å². The van der Waals surface area contributed by atoms with Crippen molar-refractivity contribution in [1.29, 1.82) is 0 Å². The fraction of sp³-hybridized carbons (Fsp3) is 0.455. The van der Waals surface area contributed by atoms with E-state index in [1.807, 2.05) is 6.07 Å². The summed E-state index contributed by atoms with van der Waals surface area (Å²) in [7, 11) is 0. The summed E-state index contributed by atoms with van der Waals surface area (Å²) in [6.07, 6.45) is 2.29. The van der Waals surface area contributed by atoms with Crippen LogP contribution in [-0.2, 0) is 0 Å². The topological polar surface area (TPSA) is 38.0 Å². The van der Waals surface area contributed by atoms with Gasteiger partial charge in [-0.3, -0.25) is 0 Å². The molecule has 1 aromatic rings. The zero-order chi connectivity index (χ0) is 9.97. The molecule has 0 spiro atoms. The molecule has 1 aliphatic heterocycles. The van der Waals surface area contributed by atoms with Gasteiger partial charge in [-0.15, -0.1) is 0 Å². The van der Waals surface area contributed by atoms with Crippen LogP contribution in [-0.4, -0.2) is 12.6 Å². The number of nitrogens with two attached hydrogens (primary N) is 1. The van der Waals surface area contributed by atoms with Gasteiger partial charge >= 0.3 is 0 Å². The standard InChI is InChI=1S/C11H15BrN2/c12-9-5-2-1-4-8(9)11-10(13)6-3-7-14-11/h1-2,4-5,10-11,14H,3,6-7,13H2/t10-,11+/m1/s1. The highest BCUT2D eigenvalue weighted by atomic mass is 79.9. The van der Waals surface area contributed by atoms with E-state index < -0.39 is 0 Å². The molecule has 1 aliphatic rings. The van der Waals surface area contributed by atoms with Crippen molar-refractivity contribution in [3.8, 4) is 0 Å². The maximum absolute atomic E-state index is 6.10. The van der Waals surface area contributed by atoms with Gasteiger partial charge in [-0.05, 0) is 31.0 Å². The number of piperidine rings is 1. The van der Waals surface area contributed by atoms with E-state index in [9.17, 15) is 0 Å². The van der Waals surface area contributed by atoms with Crippen molar-refractivity contribution in [2.75, 3.05) is 6.54 Å². The lowest BCUT2D eigenvalue weighted by molar-refractivity contribution is 0.357. The van der Waals surface area contributed by atoms with Crippen molar-refractivity contribution >= 4 is 15.9 Å². The zero-order valence-electron chi connectivity index (χ0n) is 8.04. The number of hydrogen-bond acceptors (Lipinski definition) is 2. The molecule has 0 bridgehead atoms. The first kappa shape index (κ1) is 10.1. The van der Waals surface area contributed by atoms with Gasteiger partial charge in [-0.1, -0.05) is 34.1 Å². The molecule has 1 heterocycles. The normalized spacial score (nSPS) is 27.6. The van der Waals surface area contributed by atoms with Crippen LogP contribution in [0, 0.1) is 0 Å². The average molecular weight is 255 g/mol. The summed E-state index contributed by atoms with van der Waals surface area (Å²) >= 11 is 3.56. The molecular weight excluding hydrogens is 240 g/mol. The van der Waals surface area contributed by atoms with Gasteiger partial charge in [0.05, 0.1) is 0 Å². The molecule has 1 saturated heterocycles. The highest BCUT2D eigenvalue weighted by Gasteiger charge is 2.23. The molecule has 3 heteroatoms. The Hall–Kier alpha value is -0.380. The van der Waals surface area contributed by atoms with Gasteiger partial charge in [0.2, 0.25) is 0 Å². The van der Waals surface area contributed by atoms with E-state index in [1.54, 1.807) is 0 Å². The summed E-state index contributed by atoms with van der Waals surface area (Å²) in [4.78, 5) is 0. The molecule has 0 amide bonds. The van der Waals surface area contributed by atoms with Gasteiger partial charge in [-0.2, -0.15) is 0 Å². The number of nitrogens with one attached hydrogen (secondary N) is 1. The number of hydrogen-bond donors (Lipinski definition) is 2. The molecule has 3 N–H and O–H groups in total. The van der Waals surface area contributed by atoms with E-state index in [0.717, 1.165) is 17.4 Å². The SMILES string of the molecule is N[C@@H]1CCCN[C@H]1c1ccccc1Br. The van der Waals surface area contributed by atoms with E-state index in [0.29, 0.717) is 6.04 Å². The third-order valence-electron chi connectivity index (χ3n) is 2.75. The average Bonchev–Trinajstić information content (AvgIpc) is 2.20. The predicted octanol–water partition coefficient (Wildman–Crippen LogP) is 2.20. The summed E-state index contributed by atoms with van der Waals surface area (Å²) < 4.78 is 1.15. The second kappa shape index (κ2) is 4.43. The Bertz CT molecular complexity index is 314. The van der Waals surface area contributed by atoms with Crippen LogP contribution < -0.4 is 11.1 Å². The van der Waals surface area contributed by atoms with Gasteiger partial charge in [0, 0.05) is 16.6 Å². The molecule has 14 heavy (non-hydrogen) atoms. The molecule has 76 valence electrons. The fourth-order valence-electron chi connectivity index (χ4n) is 1.98. The molecule has 0 aromatic heterocycles.